The minimum Gasteiger partial charge on any atom is -0.350 e. The minimum absolute atomic E-state index is 0.0226. The zero-order chi connectivity index (χ0) is 24.7. The Morgan fingerprint density at radius 3 is 2.83 bits per heavy atom. The van der Waals surface area contributed by atoms with Crippen molar-refractivity contribution in [3.63, 3.8) is 0 Å². The third-order valence-corrected chi connectivity index (χ3v) is 6.78. The van der Waals surface area contributed by atoms with Crippen molar-refractivity contribution >= 4 is 29.5 Å². The summed E-state index contributed by atoms with van der Waals surface area (Å²) in [5, 5.41) is 13.0. The Labute approximate surface area is 200 Å². The molecule has 0 aliphatic carbocycles. The SMILES string of the molecule is CN1CCCC(CNC(=O)c2cn(-c3ccc4c(c3)C(=O)N(C3CCC(=O)NC3=O)C4)nn2)C1=O. The standard InChI is InChI=1S/C23H25N7O5/c1-28-8-2-3-13(22(28)34)10-24-20(32)17-12-30(27-26-17)15-5-4-14-11-29(23(35)16(14)9-15)18-6-7-19(31)25-21(18)33/h4-5,9,12-13,18H,2-3,6-8,10-11H2,1H3,(H,24,32)(H,25,31,33). The minimum atomic E-state index is -0.687. The Morgan fingerprint density at radius 1 is 1.20 bits per heavy atom. The number of likely N-dealkylation sites (tertiary alicyclic amines) is 1. The number of imide groups is 1. The molecule has 0 saturated carbocycles. The third-order valence-electron chi connectivity index (χ3n) is 6.78. The molecular weight excluding hydrogens is 454 g/mol. The summed E-state index contributed by atoms with van der Waals surface area (Å²) >= 11 is 0. The fraction of sp³-hybridized carbons (Fsp3) is 0.435. The van der Waals surface area contributed by atoms with E-state index in [9.17, 15) is 24.0 Å². The van der Waals surface area contributed by atoms with Gasteiger partial charge >= 0.3 is 0 Å². The highest BCUT2D eigenvalue weighted by Crippen LogP contribution is 2.29. The molecule has 35 heavy (non-hydrogen) atoms. The van der Waals surface area contributed by atoms with Gasteiger partial charge in [0.15, 0.2) is 5.69 Å². The molecule has 0 bridgehead atoms. The molecule has 3 aliphatic rings. The first kappa shape index (κ1) is 22.7. The second kappa shape index (κ2) is 8.93. The van der Waals surface area contributed by atoms with Crippen molar-refractivity contribution in [1.29, 1.82) is 0 Å². The van der Waals surface area contributed by atoms with Crippen LogP contribution in [0.4, 0.5) is 0 Å². The molecular formula is C23H25N7O5. The molecule has 2 saturated heterocycles. The van der Waals surface area contributed by atoms with Crippen LogP contribution < -0.4 is 10.6 Å². The van der Waals surface area contributed by atoms with Gasteiger partial charge in [0.1, 0.15) is 6.04 Å². The summed E-state index contributed by atoms with van der Waals surface area (Å²) in [5.74, 6) is -1.75. The molecule has 5 rings (SSSR count). The lowest BCUT2D eigenvalue weighted by Crippen LogP contribution is -2.52. The fourth-order valence-corrected chi connectivity index (χ4v) is 4.80. The number of amides is 5. The van der Waals surface area contributed by atoms with Gasteiger partial charge in [-0.2, -0.15) is 0 Å². The highest BCUT2D eigenvalue weighted by molar-refractivity contribution is 6.05. The number of hydrogen-bond acceptors (Lipinski definition) is 7. The second-order valence-electron chi connectivity index (χ2n) is 9.10. The average Bonchev–Trinajstić information content (AvgIpc) is 3.45. The van der Waals surface area contributed by atoms with E-state index in [0.717, 1.165) is 24.9 Å². The first-order valence-corrected chi connectivity index (χ1v) is 11.6. The third kappa shape index (κ3) is 4.27. The Bertz CT molecular complexity index is 1240. The summed E-state index contributed by atoms with van der Waals surface area (Å²) in [6, 6.07) is 4.50. The van der Waals surface area contributed by atoms with E-state index < -0.39 is 17.9 Å². The average molecular weight is 479 g/mol. The number of hydrogen-bond donors (Lipinski definition) is 2. The van der Waals surface area contributed by atoms with Gasteiger partial charge in [0.2, 0.25) is 17.7 Å². The van der Waals surface area contributed by atoms with Crippen molar-refractivity contribution in [3.8, 4) is 5.69 Å². The zero-order valence-corrected chi connectivity index (χ0v) is 19.2. The van der Waals surface area contributed by atoms with E-state index >= 15 is 0 Å². The molecule has 3 aliphatic heterocycles. The van der Waals surface area contributed by atoms with E-state index in [2.05, 4.69) is 20.9 Å². The van der Waals surface area contributed by atoms with Gasteiger partial charge in [0, 0.05) is 38.7 Å². The Hall–Kier alpha value is -4.09. The van der Waals surface area contributed by atoms with Crippen LogP contribution in [0.25, 0.3) is 5.69 Å². The van der Waals surface area contributed by atoms with Gasteiger partial charge in [-0.3, -0.25) is 29.3 Å². The first-order valence-electron chi connectivity index (χ1n) is 11.6. The molecule has 2 fully saturated rings. The second-order valence-corrected chi connectivity index (χ2v) is 9.10. The molecule has 2 atom stereocenters. The number of fused-ring (bicyclic) bond motifs is 1. The Morgan fingerprint density at radius 2 is 2.03 bits per heavy atom. The Kier molecular flexibility index (Phi) is 5.79. The van der Waals surface area contributed by atoms with Crippen LogP contribution >= 0.6 is 0 Å². The van der Waals surface area contributed by atoms with Gasteiger partial charge in [-0.25, -0.2) is 4.68 Å². The van der Waals surface area contributed by atoms with Crippen LogP contribution in [-0.2, 0) is 20.9 Å². The lowest BCUT2D eigenvalue weighted by molar-refractivity contribution is -0.137. The van der Waals surface area contributed by atoms with E-state index in [1.807, 2.05) is 0 Å². The Balaban J connectivity index is 1.26. The molecule has 2 N–H and O–H groups in total. The van der Waals surface area contributed by atoms with Crippen LogP contribution in [0, 0.1) is 5.92 Å². The van der Waals surface area contributed by atoms with Gasteiger partial charge in [-0.1, -0.05) is 11.3 Å². The van der Waals surface area contributed by atoms with Gasteiger partial charge in [-0.05, 0) is 37.0 Å². The fourth-order valence-electron chi connectivity index (χ4n) is 4.80. The highest BCUT2D eigenvalue weighted by atomic mass is 16.2. The molecule has 4 heterocycles. The first-order chi connectivity index (χ1) is 16.8. The van der Waals surface area contributed by atoms with Crippen molar-refractivity contribution in [2.45, 2.75) is 38.3 Å². The van der Waals surface area contributed by atoms with Crippen molar-refractivity contribution in [1.82, 2.24) is 35.4 Å². The highest BCUT2D eigenvalue weighted by Gasteiger charge is 2.39. The zero-order valence-electron chi connectivity index (χ0n) is 19.2. The summed E-state index contributed by atoms with van der Waals surface area (Å²) in [6.45, 7) is 1.24. The number of benzene rings is 1. The van der Waals surface area contributed by atoms with Crippen LogP contribution in [0.3, 0.4) is 0 Å². The van der Waals surface area contributed by atoms with Gasteiger partial charge in [0.05, 0.1) is 17.8 Å². The van der Waals surface area contributed by atoms with Crippen LogP contribution in [0.1, 0.15) is 52.1 Å². The quantitative estimate of drug-likeness (QED) is 0.556. The van der Waals surface area contributed by atoms with E-state index in [1.54, 1.807) is 30.1 Å². The lowest BCUT2D eigenvalue weighted by atomic mass is 9.97. The van der Waals surface area contributed by atoms with Crippen LogP contribution in [0.2, 0.25) is 0 Å². The predicted molar refractivity (Wildman–Crippen MR) is 120 cm³/mol. The van der Waals surface area contributed by atoms with Crippen LogP contribution in [0.15, 0.2) is 24.4 Å². The number of rotatable bonds is 5. The summed E-state index contributed by atoms with van der Waals surface area (Å²) in [6.07, 6.45) is 3.58. The molecule has 12 heteroatoms. The summed E-state index contributed by atoms with van der Waals surface area (Å²) in [5.41, 5.74) is 1.84. The normalized spacial score (nSPS) is 22.3. The molecule has 2 unspecified atom stereocenters. The number of carbonyl (C=O) groups is 5. The molecule has 0 radical (unpaired) electrons. The van der Waals surface area contributed by atoms with Gasteiger partial charge in [-0.15, -0.1) is 5.10 Å². The van der Waals surface area contributed by atoms with E-state index in [-0.39, 0.29) is 48.8 Å². The summed E-state index contributed by atoms with van der Waals surface area (Å²) in [4.78, 5) is 64.6. The topological polar surface area (TPSA) is 147 Å². The molecule has 5 amide bonds. The van der Waals surface area contributed by atoms with Crippen LogP contribution in [0.5, 0.6) is 0 Å². The smallest absolute Gasteiger partial charge is 0.273 e. The molecule has 1 aromatic heterocycles. The predicted octanol–water partition coefficient (Wildman–Crippen LogP) is -0.373. The van der Waals surface area contributed by atoms with Gasteiger partial charge < -0.3 is 15.1 Å². The van der Waals surface area contributed by atoms with Gasteiger partial charge in [0.25, 0.3) is 11.8 Å². The monoisotopic (exact) mass is 479 g/mol. The summed E-state index contributed by atoms with van der Waals surface area (Å²) < 4.78 is 1.40. The molecule has 0 spiro atoms. The number of nitrogens with one attached hydrogen (secondary N) is 2. The van der Waals surface area contributed by atoms with E-state index in [4.69, 9.17) is 0 Å². The maximum absolute atomic E-state index is 13.0. The summed E-state index contributed by atoms with van der Waals surface area (Å²) in [7, 11) is 1.76. The maximum Gasteiger partial charge on any atom is 0.273 e. The maximum atomic E-state index is 13.0. The largest absolute Gasteiger partial charge is 0.350 e. The number of aromatic nitrogens is 3. The molecule has 2 aromatic rings. The van der Waals surface area contributed by atoms with Crippen LogP contribution in [-0.4, -0.2) is 80.5 Å². The number of carbonyl (C=O) groups excluding carboxylic acids is 5. The van der Waals surface area contributed by atoms with Crippen molar-refractivity contribution in [2.75, 3.05) is 20.1 Å². The molecule has 1 aromatic carbocycles. The molecule has 182 valence electrons. The van der Waals surface area contributed by atoms with E-state index in [0.29, 0.717) is 17.7 Å². The lowest BCUT2D eigenvalue weighted by Gasteiger charge is -2.29. The van der Waals surface area contributed by atoms with Crippen molar-refractivity contribution in [2.24, 2.45) is 5.92 Å². The van der Waals surface area contributed by atoms with Crippen molar-refractivity contribution in [3.05, 3.63) is 41.2 Å². The molecule has 12 nitrogen and oxygen atoms in total. The van der Waals surface area contributed by atoms with Crippen molar-refractivity contribution < 1.29 is 24.0 Å². The number of piperidine rings is 2. The van der Waals surface area contributed by atoms with E-state index in [1.165, 1.54) is 15.8 Å². The number of nitrogens with zero attached hydrogens (tertiary/aromatic N) is 5.